The first-order valence-corrected chi connectivity index (χ1v) is 2.65. The van der Waals surface area contributed by atoms with E-state index < -0.39 is 12.0 Å². The predicted octanol–water partition coefficient (Wildman–Crippen LogP) is -1.05. The lowest BCUT2D eigenvalue weighted by Crippen LogP contribution is -2.42. The highest BCUT2D eigenvalue weighted by molar-refractivity contribution is 7.80. The fourth-order valence-corrected chi connectivity index (χ4v) is 0.464. The van der Waals surface area contributed by atoms with E-state index in [-0.39, 0.29) is 19.2 Å². The van der Waals surface area contributed by atoms with Crippen LogP contribution >= 0.6 is 26.1 Å². The van der Waals surface area contributed by atoms with Crippen LogP contribution in [0.5, 0.6) is 0 Å². The van der Waals surface area contributed by atoms with E-state index >= 15 is 0 Å². The van der Waals surface area contributed by atoms with Crippen LogP contribution in [0, 0.1) is 0 Å². The van der Waals surface area contributed by atoms with Crippen LogP contribution in [0.25, 0.3) is 0 Å². The molecule has 4 nitrogen and oxygen atoms in total. The highest BCUT2D eigenvalue weighted by Gasteiger charge is 2.11. The summed E-state index contributed by atoms with van der Waals surface area (Å²) in [6, 6.07) is -0.738. The van der Waals surface area contributed by atoms with Crippen LogP contribution in [0.1, 0.15) is 0 Å². The minimum atomic E-state index is -0.984. The van der Waals surface area contributed by atoms with E-state index in [0.29, 0.717) is 0 Å². The molecule has 4 N–H and O–H groups in total. The first-order valence-electron chi connectivity index (χ1n) is 2.02. The number of rotatable bonds is 3. The van der Waals surface area contributed by atoms with E-state index in [1.54, 1.807) is 0 Å². The van der Waals surface area contributed by atoms with Crippen LogP contribution in [0.3, 0.4) is 0 Å². The van der Waals surface area contributed by atoms with Gasteiger partial charge in [0, 0.05) is 5.75 Å². The number of hydrogen-bond acceptors (Lipinski definition) is 4. The zero-order chi connectivity index (χ0) is 6.57. The average Bonchev–Trinajstić information content (AvgIpc) is 1.69. The maximum Gasteiger partial charge on any atom is 0.322 e. The van der Waals surface area contributed by atoms with Crippen molar-refractivity contribution in [3.05, 3.63) is 0 Å². The van der Waals surface area contributed by atoms with Crippen LogP contribution in [0.4, 0.5) is 0 Å². The van der Waals surface area contributed by atoms with E-state index in [1.807, 2.05) is 0 Å². The third-order valence-electron chi connectivity index (χ3n) is 0.682. The molecule has 0 unspecified atom stereocenters. The molecule has 0 aliphatic heterocycles. The molecule has 56 valence electrons. The Morgan fingerprint density at radius 1 is 1.89 bits per heavy atom. The second kappa shape index (κ2) is 6.21. The van der Waals surface area contributed by atoms with E-state index in [0.717, 1.165) is 0 Å². The number of carboxylic acid groups (broad SMARTS) is 1. The van der Waals surface area contributed by atoms with Crippen LogP contribution in [-0.2, 0) is 4.79 Å². The van der Waals surface area contributed by atoms with Crippen molar-refractivity contribution < 1.29 is 9.90 Å². The topological polar surface area (TPSA) is 75.3 Å². The summed E-state index contributed by atoms with van der Waals surface area (Å²) >= 11 is 3.71. The van der Waals surface area contributed by atoms with Gasteiger partial charge in [-0.15, -0.1) is 0 Å². The molecule has 0 saturated carbocycles. The molecule has 1 atom stereocenters. The Morgan fingerprint density at radius 2 is 2.33 bits per heavy atom. The van der Waals surface area contributed by atoms with Gasteiger partial charge in [0.15, 0.2) is 0 Å². The van der Waals surface area contributed by atoms with Gasteiger partial charge in [-0.2, -0.15) is 26.1 Å². The highest BCUT2D eigenvalue weighted by atomic mass is 32.1. The minimum Gasteiger partial charge on any atom is -0.480 e. The predicted molar refractivity (Wildman–Crippen MR) is 43.0 cm³/mol. The monoisotopic (exact) mass is 170 g/mol. The molecule has 0 aromatic heterocycles. The molecule has 0 radical (unpaired) electrons. The second-order valence-electron chi connectivity index (χ2n) is 1.24. The van der Waals surface area contributed by atoms with Crippen LogP contribution in [0.15, 0.2) is 0 Å². The van der Waals surface area contributed by atoms with Crippen molar-refractivity contribution in [2.45, 2.75) is 6.04 Å². The number of nitrogens with two attached hydrogens (primary N) is 1. The van der Waals surface area contributed by atoms with Crippen LogP contribution < -0.4 is 11.3 Å². The third kappa shape index (κ3) is 4.58. The quantitative estimate of drug-likeness (QED) is 0.247. The van der Waals surface area contributed by atoms with E-state index in [2.05, 4.69) is 18.1 Å². The lowest BCUT2D eigenvalue weighted by atomic mass is 10.4. The Morgan fingerprint density at radius 3 is 2.33 bits per heavy atom. The Labute approximate surface area is 65.6 Å². The van der Waals surface area contributed by atoms with Crippen molar-refractivity contribution in [2.75, 3.05) is 5.75 Å². The molecule has 0 heterocycles. The van der Waals surface area contributed by atoms with E-state index in [1.165, 1.54) is 0 Å². The van der Waals surface area contributed by atoms with Crippen molar-refractivity contribution >= 4 is 32.1 Å². The Bertz CT molecular complexity index is 85.9. The summed E-state index contributed by atoms with van der Waals surface area (Å²) in [7, 11) is 0. The van der Waals surface area contributed by atoms with Gasteiger partial charge < -0.3 is 5.11 Å². The first kappa shape index (κ1) is 11.8. The van der Waals surface area contributed by atoms with Gasteiger partial charge in [-0.3, -0.25) is 10.6 Å². The molecular weight excluding hydrogens is 160 g/mol. The fraction of sp³-hybridized carbons (Fsp3) is 0.667. The van der Waals surface area contributed by atoms with Gasteiger partial charge in [-0.05, 0) is 0 Å². The van der Waals surface area contributed by atoms with Gasteiger partial charge in [0.05, 0.1) is 0 Å². The Kier molecular flexibility index (Phi) is 8.17. The molecule has 0 spiro atoms. The summed E-state index contributed by atoms with van der Waals surface area (Å²) < 4.78 is 0. The fourth-order valence-electron chi connectivity index (χ4n) is 0.202. The van der Waals surface area contributed by atoms with Gasteiger partial charge in [-0.1, -0.05) is 0 Å². The Hall–Kier alpha value is 0.0900. The molecule has 6 heteroatoms. The smallest absolute Gasteiger partial charge is 0.322 e. The first-order chi connectivity index (χ1) is 3.72. The second-order valence-corrected chi connectivity index (χ2v) is 1.61. The average molecular weight is 170 g/mol. The molecule has 0 aromatic carbocycles. The minimum absolute atomic E-state index is 0. The molecule has 0 bridgehead atoms. The molecule has 0 aliphatic rings. The number of carbonyl (C=O) groups is 1. The summed E-state index contributed by atoms with van der Waals surface area (Å²) in [5.41, 5.74) is 2.08. The highest BCUT2D eigenvalue weighted by Crippen LogP contribution is 1.83. The molecule has 9 heavy (non-hydrogen) atoms. The molecule has 0 rings (SSSR count). The maximum atomic E-state index is 9.97. The number of hydrogen-bond donors (Lipinski definition) is 4. The van der Waals surface area contributed by atoms with Gasteiger partial charge in [0.2, 0.25) is 0 Å². The summed E-state index contributed by atoms with van der Waals surface area (Å²) in [5.74, 6) is 4.02. The van der Waals surface area contributed by atoms with Gasteiger partial charge >= 0.3 is 5.97 Å². The van der Waals surface area contributed by atoms with Gasteiger partial charge in [-0.25, -0.2) is 5.43 Å². The van der Waals surface area contributed by atoms with Crippen molar-refractivity contribution in [2.24, 2.45) is 5.84 Å². The molecule has 0 aliphatic carbocycles. The third-order valence-corrected chi connectivity index (χ3v) is 1.05. The van der Waals surface area contributed by atoms with E-state index in [4.69, 9.17) is 10.9 Å². The number of carboxylic acids is 1. The molecule has 0 fully saturated rings. The summed E-state index contributed by atoms with van der Waals surface area (Å²) in [5, 5.41) is 8.18. The van der Waals surface area contributed by atoms with E-state index in [9.17, 15) is 4.79 Å². The normalized spacial score (nSPS) is 11.8. The zero-order valence-corrected chi connectivity index (χ0v) is 6.56. The summed E-state index contributed by atoms with van der Waals surface area (Å²) in [6.45, 7) is 0. The maximum absolute atomic E-state index is 9.97. The molecule has 0 saturated heterocycles. The number of thiol groups is 1. The largest absolute Gasteiger partial charge is 0.480 e. The van der Waals surface area contributed by atoms with Crippen molar-refractivity contribution in [1.29, 1.82) is 0 Å². The standard InChI is InChI=1S/C3H8N2O2S.H2S/c4-5-2(1-8)3(6)7;/h2,5,8H,1,4H2,(H,6,7);1H2/t2-;/m0./s1. The summed E-state index contributed by atoms with van der Waals surface area (Å²) in [4.78, 5) is 9.97. The van der Waals surface area contributed by atoms with Crippen molar-refractivity contribution in [1.82, 2.24) is 5.43 Å². The van der Waals surface area contributed by atoms with Gasteiger partial charge in [0.25, 0.3) is 0 Å². The number of aliphatic carboxylic acids is 1. The van der Waals surface area contributed by atoms with Crippen LogP contribution in [0.2, 0.25) is 0 Å². The van der Waals surface area contributed by atoms with Crippen molar-refractivity contribution in [3.63, 3.8) is 0 Å². The lowest BCUT2D eigenvalue weighted by molar-refractivity contribution is -0.138. The molecule has 0 aromatic rings. The van der Waals surface area contributed by atoms with Crippen molar-refractivity contribution in [3.8, 4) is 0 Å². The van der Waals surface area contributed by atoms with Crippen LogP contribution in [-0.4, -0.2) is 22.9 Å². The number of hydrazine groups is 1. The summed E-state index contributed by atoms with van der Waals surface area (Å²) in [6.07, 6.45) is 0. The van der Waals surface area contributed by atoms with Gasteiger partial charge in [0.1, 0.15) is 6.04 Å². The Balaban J connectivity index is 0. The molecular formula is C3H10N2O2S2. The molecule has 0 amide bonds. The number of nitrogens with one attached hydrogen (secondary N) is 1. The SMILES string of the molecule is NN[C@@H](CS)C(=O)O.S. The zero-order valence-electron chi connectivity index (χ0n) is 4.66. The lowest BCUT2D eigenvalue weighted by Gasteiger charge is -2.04.